The fourth-order valence-corrected chi connectivity index (χ4v) is 4.23. The van der Waals surface area contributed by atoms with E-state index in [1.165, 1.54) is 28.2 Å². The quantitative estimate of drug-likeness (QED) is 0.786. The fraction of sp³-hybridized carbons (Fsp3) is 0.583. The zero-order valence-electron chi connectivity index (χ0n) is 11.5. The second-order valence-electron chi connectivity index (χ2n) is 4.85. The number of amides is 1. The molecule has 1 aliphatic heterocycles. The minimum atomic E-state index is -3.67. The first-order valence-electron chi connectivity index (χ1n) is 6.43. The van der Waals surface area contributed by atoms with Gasteiger partial charge in [0.1, 0.15) is 10.6 Å². The number of hydrogen-bond acceptors (Lipinski definition) is 4. The van der Waals surface area contributed by atoms with Crippen LogP contribution < -0.4 is 5.32 Å². The van der Waals surface area contributed by atoms with Gasteiger partial charge in [-0.15, -0.1) is 0 Å². The molecule has 1 aliphatic rings. The summed E-state index contributed by atoms with van der Waals surface area (Å²) in [5.74, 6) is -0.339. The van der Waals surface area contributed by atoms with Crippen LogP contribution in [0.1, 0.15) is 23.3 Å². The second-order valence-corrected chi connectivity index (χ2v) is 6.74. The molecule has 0 aromatic carbocycles. The predicted molar refractivity (Wildman–Crippen MR) is 72.8 cm³/mol. The minimum absolute atomic E-state index is 0.0824. The van der Waals surface area contributed by atoms with Crippen LogP contribution in [0.15, 0.2) is 17.2 Å². The molecule has 0 aliphatic carbocycles. The Balaban J connectivity index is 2.37. The van der Waals surface area contributed by atoms with Crippen molar-refractivity contribution in [1.82, 2.24) is 14.2 Å². The van der Waals surface area contributed by atoms with Crippen molar-refractivity contribution in [3.8, 4) is 0 Å². The summed E-state index contributed by atoms with van der Waals surface area (Å²) in [6.45, 7) is 0.214. The number of aliphatic hydroxyl groups excluding tert-OH is 1. The fourth-order valence-electron chi connectivity index (χ4n) is 2.47. The van der Waals surface area contributed by atoms with Crippen molar-refractivity contribution in [2.45, 2.75) is 23.8 Å². The molecule has 1 atom stereocenters. The lowest BCUT2D eigenvalue weighted by Gasteiger charge is -2.21. The third kappa shape index (κ3) is 2.46. The third-order valence-electron chi connectivity index (χ3n) is 3.58. The van der Waals surface area contributed by atoms with Crippen molar-refractivity contribution in [2.24, 2.45) is 7.05 Å². The molecular formula is C12H19N3O4S. The first kappa shape index (κ1) is 15.0. The van der Waals surface area contributed by atoms with Crippen molar-refractivity contribution >= 4 is 15.9 Å². The van der Waals surface area contributed by atoms with Crippen LogP contribution >= 0.6 is 0 Å². The number of rotatable bonds is 4. The zero-order valence-corrected chi connectivity index (χ0v) is 12.4. The summed E-state index contributed by atoms with van der Waals surface area (Å²) in [7, 11) is -0.557. The molecule has 7 nitrogen and oxygen atoms in total. The Kier molecular flexibility index (Phi) is 4.17. The first-order chi connectivity index (χ1) is 9.41. The highest BCUT2D eigenvalue weighted by atomic mass is 32.2. The van der Waals surface area contributed by atoms with Gasteiger partial charge in [-0.2, -0.15) is 4.31 Å². The number of aryl methyl sites for hydroxylation is 1. The number of nitrogens with zero attached hydrogens (tertiary/aromatic N) is 2. The Morgan fingerprint density at radius 3 is 2.85 bits per heavy atom. The first-order valence-corrected chi connectivity index (χ1v) is 7.87. The van der Waals surface area contributed by atoms with Crippen LogP contribution in [0.4, 0.5) is 0 Å². The normalized spacial score (nSPS) is 20.2. The number of nitrogens with one attached hydrogen (secondary N) is 1. The van der Waals surface area contributed by atoms with Crippen molar-refractivity contribution in [1.29, 1.82) is 0 Å². The molecule has 0 spiro atoms. The highest BCUT2D eigenvalue weighted by molar-refractivity contribution is 7.89. The Morgan fingerprint density at radius 1 is 1.55 bits per heavy atom. The number of sulfonamides is 1. The summed E-state index contributed by atoms with van der Waals surface area (Å²) in [5.41, 5.74) is 0.283. The van der Waals surface area contributed by atoms with Crippen molar-refractivity contribution in [2.75, 3.05) is 20.2 Å². The summed E-state index contributed by atoms with van der Waals surface area (Å²) < 4.78 is 27.9. The van der Waals surface area contributed by atoms with Gasteiger partial charge in [-0.3, -0.25) is 4.79 Å². The Hall–Kier alpha value is -1.38. The zero-order chi connectivity index (χ0) is 14.9. The monoisotopic (exact) mass is 301 g/mol. The molecule has 1 aromatic rings. The maximum Gasteiger partial charge on any atom is 0.267 e. The SMILES string of the molecule is CNC(=O)c1cc(S(=O)(=O)N2CCCC2CO)cn1C. The average molecular weight is 301 g/mol. The summed E-state index contributed by atoms with van der Waals surface area (Å²) in [5, 5.41) is 11.7. The van der Waals surface area contributed by atoms with Gasteiger partial charge in [-0.1, -0.05) is 0 Å². The van der Waals surface area contributed by atoms with Crippen LogP contribution in [0.3, 0.4) is 0 Å². The number of carbonyl (C=O) groups excluding carboxylic acids is 1. The van der Waals surface area contributed by atoms with Gasteiger partial charge in [0.25, 0.3) is 5.91 Å². The van der Waals surface area contributed by atoms with Crippen molar-refractivity contribution in [3.05, 3.63) is 18.0 Å². The molecule has 2 rings (SSSR count). The molecule has 0 bridgehead atoms. The van der Waals surface area contributed by atoms with E-state index in [1.54, 1.807) is 7.05 Å². The molecule has 112 valence electrons. The van der Waals surface area contributed by atoms with Crippen LogP contribution in [0.2, 0.25) is 0 Å². The lowest BCUT2D eigenvalue weighted by Crippen LogP contribution is -2.37. The average Bonchev–Trinajstić information content (AvgIpc) is 3.04. The number of aromatic nitrogens is 1. The number of hydrogen-bond donors (Lipinski definition) is 2. The third-order valence-corrected chi connectivity index (χ3v) is 5.50. The molecule has 1 fully saturated rings. The summed E-state index contributed by atoms with van der Waals surface area (Å²) >= 11 is 0. The van der Waals surface area contributed by atoms with Gasteiger partial charge in [0.15, 0.2) is 0 Å². The maximum absolute atomic E-state index is 12.6. The van der Waals surface area contributed by atoms with Gasteiger partial charge in [0.05, 0.1) is 6.61 Å². The molecule has 1 unspecified atom stereocenters. The van der Waals surface area contributed by atoms with Gasteiger partial charge in [0.2, 0.25) is 10.0 Å². The Bertz CT molecular complexity index is 608. The molecule has 20 heavy (non-hydrogen) atoms. The standard InChI is InChI=1S/C12H19N3O4S/c1-13-12(17)11-6-10(7-14(11)2)20(18,19)15-5-3-4-9(15)8-16/h6-7,9,16H,3-5,8H2,1-2H3,(H,13,17). The van der Waals surface area contributed by atoms with Gasteiger partial charge in [0, 0.05) is 32.9 Å². The predicted octanol–water partition coefficient (Wildman–Crippen LogP) is -0.470. The van der Waals surface area contributed by atoms with Gasteiger partial charge in [-0.05, 0) is 18.9 Å². The van der Waals surface area contributed by atoms with Gasteiger partial charge < -0.3 is 15.0 Å². The van der Waals surface area contributed by atoms with E-state index in [-0.39, 0.29) is 29.1 Å². The lowest BCUT2D eigenvalue weighted by molar-refractivity contribution is 0.0955. The van der Waals surface area contributed by atoms with Crippen molar-refractivity contribution in [3.63, 3.8) is 0 Å². The number of aliphatic hydroxyl groups is 1. The highest BCUT2D eigenvalue weighted by Gasteiger charge is 2.35. The molecule has 1 aromatic heterocycles. The summed E-state index contributed by atoms with van der Waals surface area (Å²) in [6.07, 6.45) is 2.82. The van der Waals surface area contributed by atoms with E-state index in [0.29, 0.717) is 13.0 Å². The topological polar surface area (TPSA) is 91.6 Å². The van der Waals surface area contributed by atoms with E-state index in [9.17, 15) is 18.3 Å². The minimum Gasteiger partial charge on any atom is -0.395 e. The molecule has 8 heteroatoms. The summed E-state index contributed by atoms with van der Waals surface area (Å²) in [6, 6.07) is 0.990. The Labute approximate surface area is 118 Å². The van der Waals surface area contributed by atoms with Crippen LogP contribution in [0.5, 0.6) is 0 Å². The van der Waals surface area contributed by atoms with Gasteiger partial charge in [-0.25, -0.2) is 8.42 Å². The lowest BCUT2D eigenvalue weighted by atomic mass is 10.2. The second kappa shape index (κ2) is 5.55. The van der Waals surface area contributed by atoms with E-state index in [1.807, 2.05) is 0 Å². The van der Waals surface area contributed by atoms with Crippen molar-refractivity contribution < 1.29 is 18.3 Å². The molecular weight excluding hydrogens is 282 g/mol. The van der Waals surface area contributed by atoms with Gasteiger partial charge >= 0.3 is 0 Å². The largest absolute Gasteiger partial charge is 0.395 e. The molecule has 2 N–H and O–H groups in total. The Morgan fingerprint density at radius 2 is 2.25 bits per heavy atom. The maximum atomic E-state index is 12.6. The molecule has 1 amide bonds. The van der Waals surface area contributed by atoms with Crippen LogP contribution in [-0.2, 0) is 17.1 Å². The van der Waals surface area contributed by atoms with E-state index < -0.39 is 10.0 Å². The number of carbonyl (C=O) groups is 1. The van der Waals surface area contributed by atoms with E-state index in [2.05, 4.69) is 5.32 Å². The van der Waals surface area contributed by atoms with E-state index >= 15 is 0 Å². The molecule has 1 saturated heterocycles. The molecule has 2 heterocycles. The molecule has 0 radical (unpaired) electrons. The smallest absolute Gasteiger partial charge is 0.267 e. The van der Waals surface area contributed by atoms with Crippen LogP contribution in [0.25, 0.3) is 0 Å². The highest BCUT2D eigenvalue weighted by Crippen LogP contribution is 2.26. The van der Waals surface area contributed by atoms with E-state index in [4.69, 9.17) is 0 Å². The van der Waals surface area contributed by atoms with E-state index in [0.717, 1.165) is 6.42 Å². The summed E-state index contributed by atoms with van der Waals surface area (Å²) in [4.78, 5) is 11.7. The van der Waals surface area contributed by atoms with Crippen LogP contribution in [0, 0.1) is 0 Å². The van der Waals surface area contributed by atoms with Crippen LogP contribution in [-0.4, -0.2) is 54.5 Å². The molecule has 0 saturated carbocycles.